The van der Waals surface area contributed by atoms with Crippen LogP contribution >= 0.6 is 22.6 Å². The van der Waals surface area contributed by atoms with Gasteiger partial charge >= 0.3 is 5.97 Å². The van der Waals surface area contributed by atoms with Crippen LogP contribution in [0, 0.1) is 9.85 Å². The average Bonchev–Trinajstić information content (AvgIpc) is 2.56. The number of carbonyl (C=O) groups excluding carboxylic acids is 1. The molecule has 1 saturated heterocycles. The molecule has 0 radical (unpaired) electrons. The maximum atomic E-state index is 11.2. The van der Waals surface area contributed by atoms with E-state index in [9.17, 15) is 4.79 Å². The van der Waals surface area contributed by atoms with E-state index in [0.29, 0.717) is 19.4 Å². The molecule has 1 rings (SSSR count). The first-order valence-corrected chi connectivity index (χ1v) is 6.17. The van der Waals surface area contributed by atoms with Crippen LogP contribution < -0.4 is 0 Å². The summed E-state index contributed by atoms with van der Waals surface area (Å²) in [4.78, 5) is 11.2. The molecule has 1 aliphatic rings. The fraction of sp³-hybridized carbons (Fsp3) is 0.727. The molecule has 1 fully saturated rings. The summed E-state index contributed by atoms with van der Waals surface area (Å²) < 4.78 is 18.6. The van der Waals surface area contributed by atoms with E-state index in [0.717, 1.165) is 0 Å². The van der Waals surface area contributed by atoms with Gasteiger partial charge in [-0.2, -0.15) is 0 Å². The van der Waals surface area contributed by atoms with Gasteiger partial charge in [0, 0.05) is 29.0 Å². The summed E-state index contributed by atoms with van der Waals surface area (Å²) in [5, 5.41) is 0. The molecule has 0 saturated carbocycles. The zero-order valence-electron chi connectivity index (χ0n) is 9.42. The lowest BCUT2D eigenvalue weighted by Crippen LogP contribution is -2.25. The van der Waals surface area contributed by atoms with Crippen molar-refractivity contribution in [3.8, 4) is 9.85 Å². The van der Waals surface area contributed by atoms with Crippen LogP contribution in [0.4, 0.5) is 0 Å². The zero-order valence-corrected chi connectivity index (χ0v) is 11.6. The number of halogens is 1. The summed E-state index contributed by atoms with van der Waals surface area (Å²) in [6.45, 7) is 4.39. The smallest absolute Gasteiger partial charge is 0.306 e. The molecule has 0 spiro atoms. The first-order valence-electron chi connectivity index (χ1n) is 5.09. The van der Waals surface area contributed by atoms with Gasteiger partial charge in [-0.1, -0.05) is 5.92 Å². The third-order valence-electron chi connectivity index (χ3n) is 2.02. The lowest BCUT2D eigenvalue weighted by Gasteiger charge is -2.16. The fourth-order valence-corrected chi connectivity index (χ4v) is 1.58. The fourth-order valence-electron chi connectivity index (χ4n) is 1.32. The molecule has 0 bridgehead atoms. The van der Waals surface area contributed by atoms with Crippen LogP contribution in [0.15, 0.2) is 0 Å². The van der Waals surface area contributed by atoms with E-state index >= 15 is 0 Å². The molecule has 0 aromatic carbocycles. The van der Waals surface area contributed by atoms with Gasteiger partial charge in [-0.05, 0) is 17.8 Å². The van der Waals surface area contributed by atoms with Crippen molar-refractivity contribution in [3.05, 3.63) is 0 Å². The Morgan fingerprint density at radius 2 is 2.38 bits per heavy atom. The minimum atomic E-state index is -0.566. The molecule has 0 aliphatic carbocycles. The van der Waals surface area contributed by atoms with Gasteiger partial charge in [0.15, 0.2) is 5.79 Å². The van der Waals surface area contributed by atoms with Crippen LogP contribution in [0.1, 0.15) is 26.7 Å². The highest BCUT2D eigenvalue weighted by molar-refractivity contribution is 14.1. The molecule has 0 amide bonds. The number of carbonyl (C=O) groups is 1. The van der Waals surface area contributed by atoms with Gasteiger partial charge in [0.25, 0.3) is 0 Å². The Hall–Kier alpha value is -0.320. The number of rotatable bonds is 4. The Bertz CT molecular complexity index is 303. The molecule has 5 heteroatoms. The summed E-state index contributed by atoms with van der Waals surface area (Å²) in [6.07, 6.45) is 0.706. The standard InChI is InChI=1S/C11H15IO4/c1-11(2)15-8-9(16-11)7-14-10(13)5-3-4-6-12/h9H,3,5,7-8H2,1-2H3/t9-/m0/s1. The monoisotopic (exact) mass is 338 g/mol. The Kier molecular flexibility index (Phi) is 5.52. The maximum Gasteiger partial charge on any atom is 0.306 e. The molecule has 0 N–H and O–H groups in total. The Morgan fingerprint density at radius 1 is 1.62 bits per heavy atom. The van der Waals surface area contributed by atoms with Crippen LogP contribution in [-0.2, 0) is 19.0 Å². The number of hydrogen-bond donors (Lipinski definition) is 0. The van der Waals surface area contributed by atoms with Crippen molar-refractivity contribution in [1.29, 1.82) is 0 Å². The van der Waals surface area contributed by atoms with Gasteiger partial charge < -0.3 is 14.2 Å². The van der Waals surface area contributed by atoms with E-state index in [1.807, 2.05) is 36.4 Å². The van der Waals surface area contributed by atoms with Crippen molar-refractivity contribution in [1.82, 2.24) is 0 Å². The number of ether oxygens (including phenoxy) is 3. The lowest BCUT2D eigenvalue weighted by atomic mass is 10.3. The van der Waals surface area contributed by atoms with E-state index in [-0.39, 0.29) is 18.7 Å². The molecular weight excluding hydrogens is 323 g/mol. The SMILES string of the molecule is CC1(C)OC[C@H](COC(=O)CCC#CI)O1. The highest BCUT2D eigenvalue weighted by atomic mass is 127. The summed E-state index contributed by atoms with van der Waals surface area (Å²) in [7, 11) is 0. The summed E-state index contributed by atoms with van der Waals surface area (Å²) in [6, 6.07) is 0. The summed E-state index contributed by atoms with van der Waals surface area (Å²) in [5.41, 5.74) is 0. The van der Waals surface area contributed by atoms with Gasteiger partial charge in [0.2, 0.25) is 0 Å². The molecule has 16 heavy (non-hydrogen) atoms. The van der Waals surface area contributed by atoms with Crippen molar-refractivity contribution >= 4 is 28.6 Å². The quantitative estimate of drug-likeness (QED) is 0.446. The normalized spacial score (nSPS) is 22.3. The van der Waals surface area contributed by atoms with Crippen LogP contribution in [-0.4, -0.2) is 31.1 Å². The highest BCUT2D eigenvalue weighted by Gasteiger charge is 2.33. The topological polar surface area (TPSA) is 44.8 Å². The van der Waals surface area contributed by atoms with Gasteiger partial charge in [-0.25, -0.2) is 0 Å². The first-order chi connectivity index (χ1) is 7.53. The van der Waals surface area contributed by atoms with E-state index < -0.39 is 5.79 Å². The zero-order chi connectivity index (χ0) is 12.0. The Labute approximate surface area is 109 Å². The molecule has 90 valence electrons. The van der Waals surface area contributed by atoms with Crippen molar-refractivity contribution < 1.29 is 19.0 Å². The van der Waals surface area contributed by atoms with E-state index in [4.69, 9.17) is 14.2 Å². The molecule has 1 aliphatic heterocycles. The predicted octanol–water partition coefficient (Wildman–Crippen LogP) is 1.86. The molecule has 0 aromatic rings. The van der Waals surface area contributed by atoms with Crippen molar-refractivity contribution in [2.24, 2.45) is 0 Å². The Balaban J connectivity index is 2.15. The van der Waals surface area contributed by atoms with Gasteiger partial charge in [0.05, 0.1) is 13.0 Å². The largest absolute Gasteiger partial charge is 0.463 e. The maximum absolute atomic E-state index is 11.2. The molecule has 0 aromatic heterocycles. The van der Waals surface area contributed by atoms with Crippen molar-refractivity contribution in [3.63, 3.8) is 0 Å². The molecule has 4 nitrogen and oxygen atoms in total. The first kappa shape index (κ1) is 13.7. The minimum absolute atomic E-state index is 0.158. The van der Waals surface area contributed by atoms with Crippen molar-refractivity contribution in [2.45, 2.75) is 38.6 Å². The number of hydrogen-bond acceptors (Lipinski definition) is 4. The minimum Gasteiger partial charge on any atom is -0.463 e. The molecule has 0 unspecified atom stereocenters. The second-order valence-corrected chi connectivity index (χ2v) is 4.44. The average molecular weight is 338 g/mol. The molecule has 1 atom stereocenters. The number of esters is 1. The highest BCUT2D eigenvalue weighted by Crippen LogP contribution is 2.22. The van der Waals surface area contributed by atoms with Gasteiger partial charge in [-0.3, -0.25) is 4.79 Å². The Morgan fingerprint density at radius 3 is 2.94 bits per heavy atom. The van der Waals surface area contributed by atoms with E-state index in [2.05, 4.69) is 9.85 Å². The van der Waals surface area contributed by atoms with Crippen LogP contribution in [0.5, 0.6) is 0 Å². The summed E-state index contributed by atoms with van der Waals surface area (Å²) >= 11 is 1.94. The molecular formula is C11H15IO4. The second-order valence-electron chi connectivity index (χ2n) is 3.90. The lowest BCUT2D eigenvalue weighted by molar-refractivity contribution is -0.158. The second kappa shape index (κ2) is 6.42. The van der Waals surface area contributed by atoms with Crippen LogP contribution in [0.25, 0.3) is 0 Å². The van der Waals surface area contributed by atoms with E-state index in [1.165, 1.54) is 0 Å². The molecule has 1 heterocycles. The third-order valence-corrected chi connectivity index (χ3v) is 2.40. The third kappa shape index (κ3) is 5.14. The van der Waals surface area contributed by atoms with Gasteiger partial charge in [-0.15, -0.1) is 0 Å². The predicted molar refractivity (Wildman–Crippen MR) is 66.9 cm³/mol. The van der Waals surface area contributed by atoms with Gasteiger partial charge in [0.1, 0.15) is 12.7 Å². The van der Waals surface area contributed by atoms with E-state index in [1.54, 1.807) is 0 Å². The van der Waals surface area contributed by atoms with Crippen LogP contribution in [0.2, 0.25) is 0 Å². The van der Waals surface area contributed by atoms with Crippen LogP contribution in [0.3, 0.4) is 0 Å². The van der Waals surface area contributed by atoms with Crippen molar-refractivity contribution in [2.75, 3.05) is 13.2 Å². The summed E-state index contributed by atoms with van der Waals surface area (Å²) in [5.74, 6) is 1.99.